The van der Waals surface area contributed by atoms with Crippen molar-refractivity contribution in [3.05, 3.63) is 41.5 Å². The molecule has 0 radical (unpaired) electrons. The van der Waals surface area contributed by atoms with Crippen molar-refractivity contribution in [3.8, 4) is 5.75 Å². The molecule has 126 valence electrons. The Hall–Kier alpha value is -2.37. The molecule has 2 atom stereocenters. The Balaban J connectivity index is 1.51. The monoisotopic (exact) mass is 327 g/mol. The van der Waals surface area contributed by atoms with Gasteiger partial charge in [0.15, 0.2) is 5.82 Å². The average molecular weight is 327 g/mol. The van der Waals surface area contributed by atoms with E-state index >= 15 is 0 Å². The third-order valence-electron chi connectivity index (χ3n) is 4.85. The molecule has 4 rings (SSSR count). The number of para-hydroxylation sites is 1. The number of fused-ring (bicyclic) bond motifs is 1. The van der Waals surface area contributed by atoms with Crippen LogP contribution < -0.4 is 4.74 Å². The molecule has 6 nitrogen and oxygen atoms in total. The molecule has 2 aromatic rings. The lowest BCUT2D eigenvalue weighted by Gasteiger charge is -2.30. The van der Waals surface area contributed by atoms with Crippen LogP contribution in [-0.4, -0.2) is 34.1 Å². The van der Waals surface area contributed by atoms with Crippen molar-refractivity contribution in [2.24, 2.45) is 5.92 Å². The van der Waals surface area contributed by atoms with Crippen LogP contribution in [0.4, 0.5) is 0 Å². The molecule has 0 saturated carbocycles. The van der Waals surface area contributed by atoms with Gasteiger partial charge >= 0.3 is 0 Å². The highest BCUT2D eigenvalue weighted by Crippen LogP contribution is 2.34. The smallest absolute Gasteiger partial charge is 0.230 e. The summed E-state index contributed by atoms with van der Waals surface area (Å²) in [6.45, 7) is 3.16. The Labute approximate surface area is 140 Å². The van der Waals surface area contributed by atoms with Gasteiger partial charge in [0.2, 0.25) is 11.8 Å². The van der Waals surface area contributed by atoms with Crippen LogP contribution in [0.1, 0.15) is 43.1 Å². The molecule has 2 aliphatic rings. The van der Waals surface area contributed by atoms with Crippen molar-refractivity contribution in [3.63, 3.8) is 0 Å². The van der Waals surface area contributed by atoms with Gasteiger partial charge < -0.3 is 14.2 Å². The Kier molecular flexibility index (Phi) is 3.96. The zero-order valence-corrected chi connectivity index (χ0v) is 13.8. The van der Waals surface area contributed by atoms with Crippen LogP contribution in [0.5, 0.6) is 5.75 Å². The number of ether oxygens (including phenoxy) is 1. The molecule has 2 aliphatic heterocycles. The first-order valence-corrected chi connectivity index (χ1v) is 8.60. The fourth-order valence-electron chi connectivity index (χ4n) is 3.57. The first kappa shape index (κ1) is 15.2. The van der Waals surface area contributed by atoms with Crippen LogP contribution in [0.3, 0.4) is 0 Å². The summed E-state index contributed by atoms with van der Waals surface area (Å²) in [5.74, 6) is 2.15. The van der Waals surface area contributed by atoms with E-state index in [1.54, 1.807) is 0 Å². The number of carbonyl (C=O) groups excluding carboxylic acids is 1. The van der Waals surface area contributed by atoms with Crippen molar-refractivity contribution in [1.29, 1.82) is 0 Å². The van der Waals surface area contributed by atoms with E-state index in [0.29, 0.717) is 24.7 Å². The fourth-order valence-corrected chi connectivity index (χ4v) is 3.57. The molecule has 3 heterocycles. The molecule has 0 aliphatic carbocycles. The molecule has 24 heavy (non-hydrogen) atoms. The number of hydrogen-bond acceptors (Lipinski definition) is 5. The van der Waals surface area contributed by atoms with Crippen LogP contribution in [0.25, 0.3) is 0 Å². The minimum Gasteiger partial charge on any atom is -0.492 e. The lowest BCUT2D eigenvalue weighted by molar-refractivity contribution is -0.138. The zero-order valence-electron chi connectivity index (χ0n) is 13.8. The van der Waals surface area contributed by atoms with E-state index in [1.165, 1.54) is 0 Å². The van der Waals surface area contributed by atoms with Gasteiger partial charge in [-0.1, -0.05) is 30.3 Å². The van der Waals surface area contributed by atoms with Gasteiger partial charge in [-0.05, 0) is 30.9 Å². The maximum Gasteiger partial charge on any atom is 0.230 e. The fraction of sp³-hybridized carbons (Fsp3) is 0.500. The summed E-state index contributed by atoms with van der Waals surface area (Å²) in [5, 5.41) is 4.07. The van der Waals surface area contributed by atoms with E-state index in [-0.39, 0.29) is 17.9 Å². The summed E-state index contributed by atoms with van der Waals surface area (Å²) in [7, 11) is 0. The van der Waals surface area contributed by atoms with E-state index in [4.69, 9.17) is 9.26 Å². The molecule has 1 fully saturated rings. The van der Waals surface area contributed by atoms with E-state index < -0.39 is 0 Å². The number of rotatable bonds is 3. The highest BCUT2D eigenvalue weighted by atomic mass is 16.5. The van der Waals surface area contributed by atoms with Gasteiger partial charge in [-0.25, -0.2) is 0 Å². The van der Waals surface area contributed by atoms with Gasteiger partial charge in [0.25, 0.3) is 0 Å². The third kappa shape index (κ3) is 2.66. The van der Waals surface area contributed by atoms with Crippen molar-refractivity contribution >= 4 is 5.91 Å². The summed E-state index contributed by atoms with van der Waals surface area (Å²) >= 11 is 0. The van der Waals surface area contributed by atoms with E-state index in [9.17, 15) is 4.79 Å². The van der Waals surface area contributed by atoms with E-state index in [2.05, 4.69) is 10.1 Å². The molecular formula is C18H21N3O3. The summed E-state index contributed by atoms with van der Waals surface area (Å²) in [4.78, 5) is 19.4. The van der Waals surface area contributed by atoms with Crippen molar-refractivity contribution in [2.45, 2.75) is 38.6 Å². The minimum atomic E-state index is -0.141. The summed E-state index contributed by atoms with van der Waals surface area (Å²) in [5.41, 5.74) is 1.10. The predicted octanol–water partition coefficient (Wildman–Crippen LogP) is 2.55. The molecule has 1 amide bonds. The average Bonchev–Trinajstić information content (AvgIpc) is 3.29. The topological polar surface area (TPSA) is 68.5 Å². The standard InChI is InChI=1S/C18H21N3O3/c1-2-16-19-17(20-24-16)14-7-5-9-21(14)18(22)13-10-12-6-3-4-8-15(12)23-11-13/h3-4,6,8,13-14H,2,5,7,9-11H2,1H3/t13-,14+/m0/s1. The second kappa shape index (κ2) is 6.26. The van der Waals surface area contributed by atoms with Gasteiger partial charge in [-0.2, -0.15) is 4.98 Å². The number of carbonyl (C=O) groups is 1. The molecule has 0 spiro atoms. The van der Waals surface area contributed by atoms with E-state index in [1.807, 2.05) is 36.1 Å². The van der Waals surface area contributed by atoms with Gasteiger partial charge in [0.1, 0.15) is 12.4 Å². The van der Waals surface area contributed by atoms with Crippen molar-refractivity contribution in [1.82, 2.24) is 15.0 Å². The first-order chi connectivity index (χ1) is 11.8. The predicted molar refractivity (Wildman–Crippen MR) is 86.5 cm³/mol. The molecular weight excluding hydrogens is 306 g/mol. The number of amides is 1. The number of aryl methyl sites for hydroxylation is 1. The second-order valence-electron chi connectivity index (χ2n) is 6.41. The Morgan fingerprint density at radius 1 is 1.38 bits per heavy atom. The lowest BCUT2D eigenvalue weighted by Crippen LogP contribution is -2.40. The second-order valence-corrected chi connectivity index (χ2v) is 6.41. The normalized spacial score (nSPS) is 23.0. The Bertz CT molecular complexity index is 743. The van der Waals surface area contributed by atoms with Crippen LogP contribution in [-0.2, 0) is 17.6 Å². The van der Waals surface area contributed by atoms with Crippen LogP contribution in [0, 0.1) is 5.92 Å². The third-order valence-corrected chi connectivity index (χ3v) is 4.85. The number of likely N-dealkylation sites (tertiary alicyclic amines) is 1. The summed E-state index contributed by atoms with van der Waals surface area (Å²) in [6.07, 6.45) is 3.29. The number of hydrogen-bond donors (Lipinski definition) is 0. The van der Waals surface area contributed by atoms with Gasteiger partial charge in [0, 0.05) is 13.0 Å². The SMILES string of the molecule is CCc1nc([C@H]2CCCN2C(=O)[C@@H]2COc3ccccc3C2)no1. The van der Waals surface area contributed by atoms with Crippen molar-refractivity contribution in [2.75, 3.05) is 13.2 Å². The van der Waals surface area contributed by atoms with Crippen LogP contribution >= 0.6 is 0 Å². The molecule has 1 aromatic heterocycles. The summed E-state index contributed by atoms with van der Waals surface area (Å²) in [6, 6.07) is 7.86. The summed E-state index contributed by atoms with van der Waals surface area (Å²) < 4.78 is 11.0. The zero-order chi connectivity index (χ0) is 16.5. The Morgan fingerprint density at radius 2 is 2.25 bits per heavy atom. The highest BCUT2D eigenvalue weighted by Gasteiger charge is 2.38. The maximum absolute atomic E-state index is 13.0. The first-order valence-electron chi connectivity index (χ1n) is 8.60. The molecule has 0 bridgehead atoms. The molecule has 0 N–H and O–H groups in total. The maximum atomic E-state index is 13.0. The molecule has 0 unspecified atom stereocenters. The van der Waals surface area contributed by atoms with Crippen LogP contribution in [0.15, 0.2) is 28.8 Å². The largest absolute Gasteiger partial charge is 0.492 e. The highest BCUT2D eigenvalue weighted by molar-refractivity contribution is 5.80. The Morgan fingerprint density at radius 3 is 3.08 bits per heavy atom. The lowest BCUT2D eigenvalue weighted by atomic mass is 9.95. The number of benzene rings is 1. The van der Waals surface area contributed by atoms with Gasteiger partial charge in [0.05, 0.1) is 12.0 Å². The van der Waals surface area contributed by atoms with E-state index in [0.717, 1.165) is 37.1 Å². The number of nitrogens with zero attached hydrogens (tertiary/aromatic N) is 3. The molecule has 1 aromatic carbocycles. The number of aromatic nitrogens is 2. The molecule has 6 heteroatoms. The molecule has 1 saturated heterocycles. The van der Waals surface area contributed by atoms with Gasteiger partial charge in [-0.3, -0.25) is 4.79 Å². The van der Waals surface area contributed by atoms with Gasteiger partial charge in [-0.15, -0.1) is 0 Å². The van der Waals surface area contributed by atoms with Crippen LogP contribution in [0.2, 0.25) is 0 Å². The van der Waals surface area contributed by atoms with Crippen molar-refractivity contribution < 1.29 is 14.1 Å². The minimum absolute atomic E-state index is 0.0706. The quantitative estimate of drug-likeness (QED) is 0.866.